The third kappa shape index (κ3) is 5.57. The van der Waals surface area contributed by atoms with E-state index in [0.29, 0.717) is 43.7 Å². The van der Waals surface area contributed by atoms with Crippen molar-refractivity contribution in [1.82, 2.24) is 4.90 Å². The maximum Gasteiger partial charge on any atom is 0.227 e. The van der Waals surface area contributed by atoms with Crippen LogP contribution in [-0.2, 0) is 16.0 Å². The molecule has 28 heavy (non-hydrogen) atoms. The van der Waals surface area contributed by atoms with Crippen LogP contribution in [0.4, 0.5) is 0 Å². The van der Waals surface area contributed by atoms with E-state index in [2.05, 4.69) is 20.8 Å². The van der Waals surface area contributed by atoms with Crippen LogP contribution in [0.5, 0.6) is 11.5 Å². The first-order valence-electron chi connectivity index (χ1n) is 10.2. The Hall–Kier alpha value is -0.920. The second kappa shape index (κ2) is 10.7. The van der Waals surface area contributed by atoms with Crippen molar-refractivity contribution in [2.75, 3.05) is 37.9 Å². The summed E-state index contributed by atoms with van der Waals surface area (Å²) in [5.41, 5.74) is 0.930. The molecule has 2 fully saturated rings. The van der Waals surface area contributed by atoms with Crippen molar-refractivity contribution in [3.05, 3.63) is 22.2 Å². The van der Waals surface area contributed by atoms with Gasteiger partial charge in [-0.1, -0.05) is 15.9 Å². The lowest BCUT2D eigenvalue weighted by molar-refractivity contribution is -0.134. The first-order chi connectivity index (χ1) is 13.6. The van der Waals surface area contributed by atoms with Crippen molar-refractivity contribution < 1.29 is 19.0 Å². The number of hydrogen-bond donors (Lipinski definition) is 0. The van der Waals surface area contributed by atoms with Crippen LogP contribution in [0, 0.1) is 0 Å². The van der Waals surface area contributed by atoms with Crippen LogP contribution < -0.4 is 9.47 Å². The van der Waals surface area contributed by atoms with Crippen LogP contribution in [0.3, 0.4) is 0 Å². The summed E-state index contributed by atoms with van der Waals surface area (Å²) >= 11 is 5.55. The van der Waals surface area contributed by atoms with E-state index in [0.717, 1.165) is 47.4 Å². The highest BCUT2D eigenvalue weighted by Crippen LogP contribution is 2.35. The Morgan fingerprint density at radius 1 is 1.25 bits per heavy atom. The molecule has 2 atom stereocenters. The van der Waals surface area contributed by atoms with Crippen LogP contribution in [0.2, 0.25) is 0 Å². The number of carbonyl (C=O) groups excluding carboxylic acids is 1. The third-order valence-electron chi connectivity index (χ3n) is 5.15. The number of halogens is 1. The average molecular weight is 472 g/mol. The second-order valence-corrected chi connectivity index (χ2v) is 9.14. The highest BCUT2D eigenvalue weighted by atomic mass is 79.9. The summed E-state index contributed by atoms with van der Waals surface area (Å²) in [6, 6.07) is 4.16. The summed E-state index contributed by atoms with van der Waals surface area (Å²) in [4.78, 5) is 15.4. The highest BCUT2D eigenvalue weighted by Gasteiger charge is 2.31. The van der Waals surface area contributed by atoms with Gasteiger partial charge in [0.05, 0.1) is 25.7 Å². The standard InChI is InChI=1S/C21H30BrNO4S/c1-3-25-19-10-15(18(22)12-20(19)26-4-2)11-21(24)23(16-7-9-28-14-16)13-17-6-5-8-27-17/h10,12,16-17H,3-9,11,13-14H2,1-2H3. The monoisotopic (exact) mass is 471 g/mol. The van der Waals surface area contributed by atoms with Crippen LogP contribution >= 0.6 is 27.7 Å². The van der Waals surface area contributed by atoms with Gasteiger partial charge in [0.15, 0.2) is 11.5 Å². The van der Waals surface area contributed by atoms with E-state index in [9.17, 15) is 4.79 Å². The molecular formula is C21H30BrNO4S. The third-order valence-corrected chi connectivity index (χ3v) is 7.03. The number of hydrogen-bond acceptors (Lipinski definition) is 5. The van der Waals surface area contributed by atoms with Crippen molar-refractivity contribution in [3.63, 3.8) is 0 Å². The zero-order chi connectivity index (χ0) is 19.9. The molecule has 2 heterocycles. The Balaban J connectivity index is 1.76. The van der Waals surface area contributed by atoms with Gasteiger partial charge < -0.3 is 19.1 Å². The Bertz CT molecular complexity index is 660. The molecule has 0 N–H and O–H groups in total. The SMILES string of the molecule is CCOc1cc(Br)c(CC(=O)N(CC2CCCO2)C2CCSC2)cc1OCC. The van der Waals surface area contributed by atoms with Gasteiger partial charge in [-0.15, -0.1) is 0 Å². The number of thioether (sulfide) groups is 1. The van der Waals surface area contributed by atoms with Gasteiger partial charge in [-0.2, -0.15) is 11.8 Å². The normalized spacial score (nSPS) is 21.7. The molecule has 0 aromatic heterocycles. The predicted octanol–water partition coefficient (Wildman–Crippen LogP) is 4.30. The first kappa shape index (κ1) is 21.8. The van der Waals surface area contributed by atoms with E-state index in [-0.39, 0.29) is 12.0 Å². The van der Waals surface area contributed by atoms with Crippen molar-refractivity contribution in [3.8, 4) is 11.5 Å². The molecule has 2 saturated heterocycles. The van der Waals surface area contributed by atoms with Gasteiger partial charge in [0, 0.05) is 29.4 Å². The minimum absolute atomic E-state index is 0.162. The fourth-order valence-corrected chi connectivity index (χ4v) is 5.43. The van der Waals surface area contributed by atoms with Crippen LogP contribution in [-0.4, -0.2) is 60.8 Å². The van der Waals surface area contributed by atoms with E-state index in [4.69, 9.17) is 14.2 Å². The number of nitrogens with zero attached hydrogens (tertiary/aromatic N) is 1. The van der Waals surface area contributed by atoms with Crippen molar-refractivity contribution in [2.24, 2.45) is 0 Å². The van der Waals surface area contributed by atoms with Gasteiger partial charge in [0.2, 0.25) is 5.91 Å². The van der Waals surface area contributed by atoms with Crippen molar-refractivity contribution >= 4 is 33.6 Å². The molecular weight excluding hydrogens is 442 g/mol. The molecule has 1 aromatic rings. The zero-order valence-corrected chi connectivity index (χ0v) is 19.1. The first-order valence-corrected chi connectivity index (χ1v) is 12.1. The molecule has 7 heteroatoms. The molecule has 3 rings (SSSR count). The molecule has 1 aromatic carbocycles. The van der Waals surface area contributed by atoms with Gasteiger partial charge in [-0.25, -0.2) is 0 Å². The molecule has 2 unspecified atom stereocenters. The van der Waals surface area contributed by atoms with E-state index in [1.54, 1.807) is 0 Å². The van der Waals surface area contributed by atoms with E-state index in [1.807, 2.05) is 37.7 Å². The maximum absolute atomic E-state index is 13.3. The highest BCUT2D eigenvalue weighted by molar-refractivity contribution is 9.10. The van der Waals surface area contributed by atoms with Gasteiger partial charge in [0.1, 0.15) is 0 Å². The Labute approximate surface area is 180 Å². The zero-order valence-electron chi connectivity index (χ0n) is 16.7. The summed E-state index contributed by atoms with van der Waals surface area (Å²) in [6.45, 7) is 6.54. The van der Waals surface area contributed by atoms with Crippen molar-refractivity contribution in [1.29, 1.82) is 0 Å². The summed E-state index contributed by atoms with van der Waals surface area (Å²) in [5, 5.41) is 0. The van der Waals surface area contributed by atoms with E-state index < -0.39 is 0 Å². The van der Waals surface area contributed by atoms with Crippen LogP contribution in [0.15, 0.2) is 16.6 Å². The van der Waals surface area contributed by atoms with Gasteiger partial charge >= 0.3 is 0 Å². The minimum atomic E-state index is 0.162. The van der Waals surface area contributed by atoms with Crippen LogP contribution in [0.25, 0.3) is 0 Å². The number of amides is 1. The fraction of sp³-hybridized carbons (Fsp3) is 0.667. The van der Waals surface area contributed by atoms with Crippen molar-refractivity contribution in [2.45, 2.75) is 51.7 Å². The quantitative estimate of drug-likeness (QED) is 0.537. The predicted molar refractivity (Wildman–Crippen MR) is 117 cm³/mol. The molecule has 0 spiro atoms. The number of benzene rings is 1. The molecule has 2 aliphatic rings. The Kier molecular flexibility index (Phi) is 8.36. The summed E-state index contributed by atoms with van der Waals surface area (Å²) in [7, 11) is 0. The lowest BCUT2D eigenvalue weighted by Crippen LogP contribution is -2.45. The molecule has 156 valence electrons. The second-order valence-electron chi connectivity index (χ2n) is 7.13. The summed E-state index contributed by atoms with van der Waals surface area (Å²) in [6.07, 6.45) is 3.73. The summed E-state index contributed by atoms with van der Waals surface area (Å²) < 4.78 is 18.1. The van der Waals surface area contributed by atoms with Gasteiger partial charge in [-0.3, -0.25) is 4.79 Å². The molecule has 5 nitrogen and oxygen atoms in total. The topological polar surface area (TPSA) is 48.0 Å². The lowest BCUT2D eigenvalue weighted by atomic mass is 10.1. The Morgan fingerprint density at radius 2 is 2.00 bits per heavy atom. The van der Waals surface area contributed by atoms with Gasteiger partial charge in [0.25, 0.3) is 0 Å². The van der Waals surface area contributed by atoms with Crippen LogP contribution in [0.1, 0.15) is 38.7 Å². The van der Waals surface area contributed by atoms with Gasteiger partial charge in [-0.05, 0) is 56.6 Å². The molecule has 0 saturated carbocycles. The Morgan fingerprint density at radius 3 is 2.61 bits per heavy atom. The lowest BCUT2D eigenvalue weighted by Gasteiger charge is -2.31. The number of ether oxygens (including phenoxy) is 3. The number of carbonyl (C=O) groups is 1. The van der Waals surface area contributed by atoms with E-state index >= 15 is 0 Å². The van der Waals surface area contributed by atoms with E-state index in [1.165, 1.54) is 0 Å². The number of rotatable bonds is 9. The molecule has 0 aliphatic carbocycles. The summed E-state index contributed by atoms with van der Waals surface area (Å²) in [5.74, 6) is 3.71. The minimum Gasteiger partial charge on any atom is -0.490 e. The molecule has 0 bridgehead atoms. The molecule has 0 radical (unpaired) electrons. The largest absolute Gasteiger partial charge is 0.490 e. The smallest absolute Gasteiger partial charge is 0.227 e. The fourth-order valence-electron chi connectivity index (χ4n) is 3.74. The average Bonchev–Trinajstić information content (AvgIpc) is 3.37. The maximum atomic E-state index is 13.3. The molecule has 1 amide bonds. The molecule has 2 aliphatic heterocycles.